The van der Waals surface area contributed by atoms with Crippen molar-refractivity contribution in [1.29, 1.82) is 0 Å². The van der Waals surface area contributed by atoms with E-state index in [1.165, 1.54) is 44.7 Å². The summed E-state index contributed by atoms with van der Waals surface area (Å²) in [6.07, 6.45) is 11.3. The fourth-order valence-corrected chi connectivity index (χ4v) is 3.49. The van der Waals surface area contributed by atoms with E-state index in [4.69, 9.17) is 0 Å². The predicted octanol–water partition coefficient (Wildman–Crippen LogP) is 7.02. The van der Waals surface area contributed by atoms with Crippen molar-refractivity contribution >= 4 is 5.70 Å². The Morgan fingerprint density at radius 3 is 1.54 bits per heavy atom. The highest BCUT2D eigenvalue weighted by Gasteiger charge is 2.14. The Kier molecular flexibility index (Phi) is 4.38. The van der Waals surface area contributed by atoms with Gasteiger partial charge in [0.05, 0.1) is 0 Å². The molecule has 1 aliphatic carbocycles. The molecule has 1 heteroatoms. The molecular formula is C25H25N. The Balaban J connectivity index is 1.85. The number of hydrogen-bond donors (Lipinski definition) is 0. The van der Waals surface area contributed by atoms with Gasteiger partial charge in [-0.1, -0.05) is 71.3 Å². The Hall–Kier alpha value is -2.80. The molecule has 0 saturated carbocycles. The number of hydrogen-bond acceptors (Lipinski definition) is 0. The van der Waals surface area contributed by atoms with Crippen LogP contribution in [-0.4, -0.2) is 4.57 Å². The van der Waals surface area contributed by atoms with Crippen molar-refractivity contribution in [3.63, 3.8) is 0 Å². The predicted molar refractivity (Wildman–Crippen MR) is 112 cm³/mol. The lowest BCUT2D eigenvalue weighted by molar-refractivity contribution is 0.906. The summed E-state index contributed by atoms with van der Waals surface area (Å²) < 4.78 is 2.31. The molecule has 0 atom stereocenters. The van der Waals surface area contributed by atoms with Crippen molar-refractivity contribution in [3.8, 4) is 22.3 Å². The summed E-state index contributed by atoms with van der Waals surface area (Å²) in [5, 5.41) is 0. The Morgan fingerprint density at radius 1 is 0.615 bits per heavy atom. The lowest BCUT2D eigenvalue weighted by Crippen LogP contribution is -1.97. The molecule has 0 aliphatic heterocycles. The number of aryl methyl sites for hydroxylation is 2. The standard InChI is InChI=1S/C25H25N/c1-18-4-10-21(11-5-18)24-16-26(23-14-8-20(3)9-15-23)17-25(24)22-12-6-19(2)7-13-22/h4-8,10-14,16-17H,9,15H2,1-3H3. The molecule has 0 unspecified atom stereocenters. The van der Waals surface area contributed by atoms with Gasteiger partial charge in [-0.3, -0.25) is 0 Å². The number of allylic oxidation sites excluding steroid dienone is 4. The van der Waals surface area contributed by atoms with Gasteiger partial charge >= 0.3 is 0 Å². The summed E-state index contributed by atoms with van der Waals surface area (Å²) in [7, 11) is 0. The van der Waals surface area contributed by atoms with E-state index in [0.717, 1.165) is 12.8 Å². The molecule has 0 saturated heterocycles. The smallest absolute Gasteiger partial charge is 0.0224 e. The average Bonchev–Trinajstić information content (AvgIpc) is 3.09. The molecule has 1 aliphatic rings. The Bertz CT molecular complexity index is 917. The van der Waals surface area contributed by atoms with Crippen molar-refractivity contribution in [2.45, 2.75) is 33.6 Å². The van der Waals surface area contributed by atoms with Crippen molar-refractivity contribution in [2.75, 3.05) is 0 Å². The van der Waals surface area contributed by atoms with Gasteiger partial charge in [-0.05, 0) is 50.8 Å². The zero-order valence-corrected chi connectivity index (χ0v) is 15.8. The normalized spacial score (nSPS) is 14.1. The van der Waals surface area contributed by atoms with E-state index in [-0.39, 0.29) is 0 Å². The average molecular weight is 339 g/mol. The highest BCUT2D eigenvalue weighted by atomic mass is 15.0. The molecule has 1 nitrogen and oxygen atoms in total. The molecule has 1 aromatic heterocycles. The summed E-state index contributed by atoms with van der Waals surface area (Å²) in [6.45, 7) is 6.48. The molecule has 0 spiro atoms. The Labute approximate surface area is 156 Å². The molecule has 0 radical (unpaired) electrons. The van der Waals surface area contributed by atoms with Crippen molar-refractivity contribution in [1.82, 2.24) is 4.57 Å². The van der Waals surface area contributed by atoms with E-state index >= 15 is 0 Å². The number of aromatic nitrogens is 1. The summed E-state index contributed by atoms with van der Waals surface area (Å²) in [6, 6.07) is 17.7. The third-order valence-electron chi connectivity index (χ3n) is 5.22. The Morgan fingerprint density at radius 2 is 1.12 bits per heavy atom. The first-order valence-corrected chi connectivity index (χ1v) is 9.33. The van der Waals surface area contributed by atoms with Crippen LogP contribution in [0.2, 0.25) is 0 Å². The second-order valence-electron chi connectivity index (χ2n) is 7.40. The third kappa shape index (κ3) is 3.30. The van der Waals surface area contributed by atoms with Gasteiger partial charge in [-0.15, -0.1) is 0 Å². The third-order valence-corrected chi connectivity index (χ3v) is 5.22. The van der Waals surface area contributed by atoms with Crippen LogP contribution in [-0.2, 0) is 0 Å². The van der Waals surface area contributed by atoms with Gasteiger partial charge in [0.2, 0.25) is 0 Å². The van der Waals surface area contributed by atoms with Crippen LogP contribution in [0.3, 0.4) is 0 Å². The molecule has 3 aromatic rings. The molecule has 0 bridgehead atoms. The highest BCUT2D eigenvalue weighted by molar-refractivity contribution is 5.84. The largest absolute Gasteiger partial charge is 0.326 e. The molecule has 0 amide bonds. The van der Waals surface area contributed by atoms with Crippen LogP contribution in [0.25, 0.3) is 28.0 Å². The summed E-state index contributed by atoms with van der Waals surface area (Å²) in [4.78, 5) is 0. The second kappa shape index (κ2) is 6.84. The lowest BCUT2D eigenvalue weighted by atomic mass is 9.98. The number of rotatable bonds is 3. The van der Waals surface area contributed by atoms with Gasteiger partial charge in [0, 0.05) is 29.2 Å². The van der Waals surface area contributed by atoms with Crippen LogP contribution in [0.1, 0.15) is 30.9 Å². The van der Waals surface area contributed by atoms with Gasteiger partial charge in [0.1, 0.15) is 0 Å². The SMILES string of the molecule is CC1=CC=C(n2cc(-c3ccc(C)cc3)c(-c3ccc(C)cc3)c2)CC1. The quantitative estimate of drug-likeness (QED) is 0.483. The topological polar surface area (TPSA) is 4.93 Å². The lowest BCUT2D eigenvalue weighted by Gasteiger charge is -2.13. The zero-order valence-electron chi connectivity index (χ0n) is 15.8. The van der Waals surface area contributed by atoms with Crippen LogP contribution < -0.4 is 0 Å². The maximum atomic E-state index is 2.31. The minimum atomic E-state index is 1.09. The minimum absolute atomic E-state index is 1.09. The van der Waals surface area contributed by atoms with Gasteiger partial charge in [0.25, 0.3) is 0 Å². The fraction of sp³-hybridized carbons (Fsp3) is 0.200. The molecule has 0 fully saturated rings. The van der Waals surface area contributed by atoms with Crippen LogP contribution in [0.5, 0.6) is 0 Å². The summed E-state index contributed by atoms with van der Waals surface area (Å²) in [5.74, 6) is 0. The van der Waals surface area contributed by atoms with E-state index in [2.05, 4.69) is 98.4 Å². The monoisotopic (exact) mass is 339 g/mol. The van der Waals surface area contributed by atoms with E-state index < -0.39 is 0 Å². The fourth-order valence-electron chi connectivity index (χ4n) is 3.49. The first-order valence-electron chi connectivity index (χ1n) is 9.33. The van der Waals surface area contributed by atoms with Gasteiger partial charge < -0.3 is 4.57 Å². The van der Waals surface area contributed by atoms with Crippen molar-refractivity contribution in [2.24, 2.45) is 0 Å². The van der Waals surface area contributed by atoms with Crippen molar-refractivity contribution in [3.05, 3.63) is 89.8 Å². The molecule has 26 heavy (non-hydrogen) atoms. The van der Waals surface area contributed by atoms with Gasteiger partial charge in [-0.2, -0.15) is 0 Å². The molecule has 4 rings (SSSR count). The highest BCUT2D eigenvalue weighted by Crippen LogP contribution is 2.36. The molecule has 0 N–H and O–H groups in total. The molecule has 130 valence electrons. The van der Waals surface area contributed by atoms with E-state index in [1.807, 2.05) is 0 Å². The number of nitrogens with zero attached hydrogens (tertiary/aromatic N) is 1. The van der Waals surface area contributed by atoms with Gasteiger partial charge in [-0.25, -0.2) is 0 Å². The van der Waals surface area contributed by atoms with E-state index in [0.29, 0.717) is 0 Å². The molecular weight excluding hydrogens is 314 g/mol. The van der Waals surface area contributed by atoms with Gasteiger partial charge in [0.15, 0.2) is 0 Å². The van der Waals surface area contributed by atoms with Crippen LogP contribution in [0.15, 0.2) is 78.6 Å². The van der Waals surface area contributed by atoms with Crippen LogP contribution in [0, 0.1) is 13.8 Å². The van der Waals surface area contributed by atoms with Crippen LogP contribution in [0.4, 0.5) is 0 Å². The number of benzene rings is 2. The maximum Gasteiger partial charge on any atom is 0.0224 e. The molecule has 2 aromatic carbocycles. The summed E-state index contributed by atoms with van der Waals surface area (Å²) in [5.41, 5.74) is 10.5. The maximum absolute atomic E-state index is 2.31. The second-order valence-corrected chi connectivity index (χ2v) is 7.40. The zero-order chi connectivity index (χ0) is 18.1. The first-order chi connectivity index (χ1) is 12.6. The summed E-state index contributed by atoms with van der Waals surface area (Å²) >= 11 is 0. The van der Waals surface area contributed by atoms with Crippen LogP contribution >= 0.6 is 0 Å². The van der Waals surface area contributed by atoms with E-state index in [1.54, 1.807) is 0 Å². The molecule has 1 heterocycles. The minimum Gasteiger partial charge on any atom is -0.326 e. The van der Waals surface area contributed by atoms with Crippen molar-refractivity contribution < 1.29 is 0 Å². The first kappa shape index (κ1) is 16.7. The van der Waals surface area contributed by atoms with E-state index in [9.17, 15) is 0 Å².